The van der Waals surface area contributed by atoms with E-state index in [-0.39, 0.29) is 0 Å². The fourth-order valence-electron chi connectivity index (χ4n) is 1.48. The molecule has 1 aromatic carbocycles. The summed E-state index contributed by atoms with van der Waals surface area (Å²) in [5, 5.41) is 0. The summed E-state index contributed by atoms with van der Waals surface area (Å²) in [4.78, 5) is 0. The molecular weight excluding hydrogens is 187 g/mol. The van der Waals surface area contributed by atoms with Gasteiger partial charge in [0.25, 0.3) is 0 Å². The quantitative estimate of drug-likeness (QED) is 0.684. The third-order valence-corrected chi connectivity index (χ3v) is 2.88. The molecule has 0 atom stereocenters. The van der Waals surface area contributed by atoms with Gasteiger partial charge < -0.3 is 3.79 Å². The predicted octanol–water partition coefficient (Wildman–Crippen LogP) is 3.75. The van der Waals surface area contributed by atoms with E-state index in [1.807, 2.05) is 0 Å². The first kappa shape index (κ1) is 11.6. The van der Waals surface area contributed by atoms with Crippen molar-refractivity contribution in [2.75, 3.05) is 0 Å². The number of benzene rings is 1. The second kappa shape index (κ2) is 4.87. The van der Waals surface area contributed by atoms with Crippen molar-refractivity contribution in [3.63, 3.8) is 0 Å². The Balaban J connectivity index is 3.02. The molecule has 0 saturated carbocycles. The molecular formula is C12H19AlO. The van der Waals surface area contributed by atoms with Crippen LogP contribution in [0.15, 0.2) is 18.2 Å². The second-order valence-electron chi connectivity index (χ2n) is 4.36. The van der Waals surface area contributed by atoms with E-state index in [1.165, 1.54) is 11.1 Å². The zero-order chi connectivity index (χ0) is 10.7. The van der Waals surface area contributed by atoms with E-state index < -0.39 is 14.5 Å². The molecule has 0 aliphatic heterocycles. The van der Waals surface area contributed by atoms with Gasteiger partial charge in [-0.2, -0.15) is 0 Å². The van der Waals surface area contributed by atoms with Crippen LogP contribution in [0.2, 0.25) is 11.6 Å². The van der Waals surface area contributed by atoms with Gasteiger partial charge in [0.05, 0.1) is 5.75 Å². The van der Waals surface area contributed by atoms with Crippen LogP contribution >= 0.6 is 0 Å². The van der Waals surface area contributed by atoms with Crippen molar-refractivity contribution in [2.45, 2.75) is 38.3 Å². The van der Waals surface area contributed by atoms with Crippen molar-refractivity contribution in [3.05, 3.63) is 29.3 Å². The maximum Gasteiger partial charge on any atom is 0.540 e. The van der Waals surface area contributed by atoms with E-state index in [0.29, 0.717) is 5.92 Å². The van der Waals surface area contributed by atoms with Crippen molar-refractivity contribution in [1.82, 2.24) is 0 Å². The van der Waals surface area contributed by atoms with Crippen molar-refractivity contribution in [2.24, 2.45) is 0 Å². The summed E-state index contributed by atoms with van der Waals surface area (Å²) in [5.74, 6) is 6.03. The molecule has 0 aromatic heterocycles. The third kappa shape index (κ3) is 3.05. The zero-order valence-electron chi connectivity index (χ0n) is 9.79. The van der Waals surface area contributed by atoms with Crippen molar-refractivity contribution >= 4 is 14.5 Å². The van der Waals surface area contributed by atoms with Crippen LogP contribution in [0.3, 0.4) is 0 Å². The lowest BCUT2D eigenvalue weighted by Gasteiger charge is -2.17. The number of rotatable bonds is 3. The Bertz CT molecular complexity index is 305. The van der Waals surface area contributed by atoms with E-state index in [1.54, 1.807) is 0 Å². The summed E-state index contributed by atoms with van der Waals surface area (Å²) in [6.07, 6.45) is 0. The Kier molecular flexibility index (Phi) is 4.04. The molecule has 0 aliphatic rings. The topological polar surface area (TPSA) is 9.23 Å². The SMILES string of the molecule is Cc1ccc([O][Al]([CH3])[CH3])c(C(C)C)c1. The molecule has 0 fully saturated rings. The number of hydrogen-bond acceptors (Lipinski definition) is 1. The lowest BCUT2D eigenvalue weighted by atomic mass is 10.0. The highest BCUT2D eigenvalue weighted by Gasteiger charge is 2.12. The van der Waals surface area contributed by atoms with Gasteiger partial charge >= 0.3 is 14.5 Å². The van der Waals surface area contributed by atoms with E-state index in [0.717, 1.165) is 5.75 Å². The van der Waals surface area contributed by atoms with Crippen molar-refractivity contribution in [1.29, 1.82) is 0 Å². The van der Waals surface area contributed by atoms with Gasteiger partial charge in [-0.25, -0.2) is 0 Å². The molecule has 0 N–H and O–H groups in total. The van der Waals surface area contributed by atoms with Crippen LogP contribution < -0.4 is 3.79 Å². The Morgan fingerprint density at radius 2 is 1.86 bits per heavy atom. The van der Waals surface area contributed by atoms with E-state index in [2.05, 4.69) is 50.5 Å². The first-order valence-corrected chi connectivity index (χ1v) is 8.06. The lowest BCUT2D eigenvalue weighted by Crippen LogP contribution is -2.13. The molecule has 0 aliphatic carbocycles. The summed E-state index contributed by atoms with van der Waals surface area (Å²) >= 11 is -0.982. The Morgan fingerprint density at radius 3 is 2.36 bits per heavy atom. The molecule has 14 heavy (non-hydrogen) atoms. The van der Waals surface area contributed by atoms with E-state index in [9.17, 15) is 0 Å². The Hall–Kier alpha value is -0.448. The van der Waals surface area contributed by atoms with Gasteiger partial charge in [0.2, 0.25) is 0 Å². The summed E-state index contributed by atoms with van der Waals surface area (Å²) in [7, 11) is 0. The average Bonchev–Trinajstić information content (AvgIpc) is 2.07. The summed E-state index contributed by atoms with van der Waals surface area (Å²) in [6, 6.07) is 6.46. The molecule has 0 unspecified atom stereocenters. The molecule has 0 spiro atoms. The Labute approximate surface area is 91.8 Å². The molecule has 0 amide bonds. The summed E-state index contributed by atoms with van der Waals surface area (Å²) in [6.45, 7) is 6.55. The standard InChI is InChI=1S/C10H14O.2CH3.Al/c1-7(2)9-6-8(3)4-5-10(9)11;;;/h4-7,11H,1-3H3;2*1H3;/q;;;+1/p-1. The predicted molar refractivity (Wildman–Crippen MR) is 63.4 cm³/mol. The highest BCUT2D eigenvalue weighted by molar-refractivity contribution is 6.49. The summed E-state index contributed by atoms with van der Waals surface area (Å²) < 4.78 is 5.90. The summed E-state index contributed by atoms with van der Waals surface area (Å²) in [5.41, 5.74) is 2.65. The highest BCUT2D eigenvalue weighted by Crippen LogP contribution is 2.27. The van der Waals surface area contributed by atoms with Gasteiger partial charge in [0, 0.05) is 0 Å². The minimum absolute atomic E-state index is 0.539. The largest absolute Gasteiger partial charge is 0.643 e. The van der Waals surface area contributed by atoms with E-state index >= 15 is 0 Å². The molecule has 1 nitrogen and oxygen atoms in total. The minimum atomic E-state index is -0.982. The molecule has 0 bridgehead atoms. The van der Waals surface area contributed by atoms with Crippen LogP contribution in [-0.4, -0.2) is 14.5 Å². The van der Waals surface area contributed by atoms with Crippen LogP contribution in [-0.2, 0) is 0 Å². The lowest BCUT2D eigenvalue weighted by molar-refractivity contribution is 0.565. The first-order chi connectivity index (χ1) is 6.50. The normalized spacial score (nSPS) is 10.4. The fourth-order valence-corrected chi connectivity index (χ4v) is 2.20. The van der Waals surface area contributed by atoms with Gasteiger partial charge in [-0.05, 0) is 24.5 Å². The molecule has 76 valence electrons. The fraction of sp³-hybridized carbons (Fsp3) is 0.500. The van der Waals surface area contributed by atoms with Gasteiger partial charge in [0.1, 0.15) is 0 Å². The monoisotopic (exact) mass is 206 g/mol. The molecule has 2 heteroatoms. The van der Waals surface area contributed by atoms with Crippen molar-refractivity contribution < 1.29 is 3.79 Å². The highest BCUT2D eigenvalue weighted by atomic mass is 27.2. The molecule has 0 heterocycles. The smallest absolute Gasteiger partial charge is 0.540 e. The Morgan fingerprint density at radius 1 is 1.21 bits per heavy atom. The van der Waals surface area contributed by atoms with Crippen molar-refractivity contribution in [3.8, 4) is 5.75 Å². The van der Waals surface area contributed by atoms with Crippen LogP contribution in [0, 0.1) is 6.92 Å². The molecule has 1 rings (SSSR count). The van der Waals surface area contributed by atoms with Gasteiger partial charge in [-0.15, -0.1) is 0 Å². The average molecular weight is 206 g/mol. The van der Waals surface area contributed by atoms with E-state index in [4.69, 9.17) is 3.79 Å². The zero-order valence-corrected chi connectivity index (χ0v) is 10.9. The molecule has 1 aromatic rings. The third-order valence-electron chi connectivity index (χ3n) is 2.15. The van der Waals surface area contributed by atoms with Gasteiger partial charge in [-0.1, -0.05) is 43.1 Å². The second-order valence-corrected chi connectivity index (χ2v) is 6.70. The maximum absolute atomic E-state index is 5.90. The number of hydrogen-bond donors (Lipinski definition) is 0. The minimum Gasteiger partial charge on any atom is -0.643 e. The first-order valence-electron chi connectivity index (χ1n) is 5.28. The van der Waals surface area contributed by atoms with Crippen LogP contribution in [0.1, 0.15) is 30.9 Å². The van der Waals surface area contributed by atoms with Gasteiger partial charge in [0.15, 0.2) is 0 Å². The van der Waals surface area contributed by atoms with Crippen LogP contribution in [0.4, 0.5) is 0 Å². The van der Waals surface area contributed by atoms with Gasteiger partial charge in [-0.3, -0.25) is 0 Å². The van der Waals surface area contributed by atoms with Crippen LogP contribution in [0.5, 0.6) is 5.75 Å². The van der Waals surface area contributed by atoms with Crippen LogP contribution in [0.25, 0.3) is 0 Å². The maximum atomic E-state index is 5.90. The molecule has 0 radical (unpaired) electrons. The molecule has 0 saturated heterocycles. The number of aryl methyl sites for hydroxylation is 1.